The van der Waals surface area contributed by atoms with Gasteiger partial charge in [-0.15, -0.1) is 0 Å². The van der Waals surface area contributed by atoms with Crippen LogP contribution in [0.3, 0.4) is 0 Å². The van der Waals surface area contributed by atoms with Gasteiger partial charge in [-0.1, -0.05) is 15.9 Å². The summed E-state index contributed by atoms with van der Waals surface area (Å²) in [6, 6.07) is 7.95. The number of anilines is 1. The monoisotopic (exact) mass is 342 g/mol. The van der Waals surface area contributed by atoms with E-state index in [1.165, 1.54) is 18.2 Å². The Balaban J connectivity index is 2.14. The highest BCUT2D eigenvalue weighted by atomic mass is 79.9. The zero-order valence-electron chi connectivity index (χ0n) is 10.1. The molecule has 2 aromatic carbocycles. The number of benzene rings is 2. The number of nitrogens with zero attached hydrogens (tertiary/aromatic N) is 1. The number of halogens is 3. The Morgan fingerprint density at radius 1 is 1.15 bits per heavy atom. The van der Waals surface area contributed by atoms with Gasteiger partial charge >= 0.3 is 0 Å². The Morgan fingerprint density at radius 2 is 1.90 bits per heavy atom. The molecule has 0 bridgehead atoms. The van der Waals surface area contributed by atoms with Crippen molar-refractivity contribution < 1.29 is 13.7 Å². The average molecular weight is 343 g/mol. The van der Waals surface area contributed by atoms with Crippen molar-refractivity contribution in [3.63, 3.8) is 0 Å². The molecule has 0 radical (unpaired) electrons. The van der Waals surface area contributed by atoms with Crippen molar-refractivity contribution in [3.8, 4) is 0 Å². The van der Waals surface area contributed by atoms with Crippen molar-refractivity contribution in [2.24, 2.45) is 0 Å². The summed E-state index contributed by atoms with van der Waals surface area (Å²) >= 11 is 3.19. The van der Waals surface area contributed by atoms with Crippen LogP contribution in [0, 0.1) is 21.7 Å². The third-order valence-electron chi connectivity index (χ3n) is 2.57. The molecule has 4 nitrogen and oxygen atoms in total. The summed E-state index contributed by atoms with van der Waals surface area (Å²) in [5.74, 6) is -1.87. The number of rotatable bonds is 4. The Hall–Kier alpha value is -2.02. The molecule has 7 heteroatoms. The number of non-ortho nitro benzene ring substituents is 1. The van der Waals surface area contributed by atoms with Crippen LogP contribution in [-0.2, 0) is 6.54 Å². The van der Waals surface area contributed by atoms with E-state index in [9.17, 15) is 18.9 Å². The number of nitrogens with one attached hydrogen (secondary N) is 1. The van der Waals surface area contributed by atoms with E-state index in [-0.39, 0.29) is 12.2 Å². The second-order valence-corrected chi connectivity index (χ2v) is 4.97. The van der Waals surface area contributed by atoms with E-state index in [2.05, 4.69) is 21.2 Å². The van der Waals surface area contributed by atoms with E-state index in [1.807, 2.05) is 0 Å². The Kier molecular flexibility index (Phi) is 4.29. The molecule has 0 amide bonds. The predicted molar refractivity (Wildman–Crippen MR) is 74.5 cm³/mol. The van der Waals surface area contributed by atoms with E-state index >= 15 is 0 Å². The van der Waals surface area contributed by atoms with Crippen molar-refractivity contribution in [3.05, 3.63) is 68.2 Å². The van der Waals surface area contributed by atoms with Gasteiger partial charge in [-0.05, 0) is 23.8 Å². The highest BCUT2D eigenvalue weighted by Gasteiger charge is 2.09. The largest absolute Gasteiger partial charge is 0.381 e. The van der Waals surface area contributed by atoms with Gasteiger partial charge in [0.05, 0.1) is 4.92 Å². The molecule has 0 atom stereocenters. The van der Waals surface area contributed by atoms with Crippen LogP contribution in [0.25, 0.3) is 0 Å². The van der Waals surface area contributed by atoms with Crippen molar-refractivity contribution in [1.29, 1.82) is 0 Å². The maximum atomic E-state index is 13.0. The quantitative estimate of drug-likeness (QED) is 0.667. The van der Waals surface area contributed by atoms with Crippen LogP contribution in [0.4, 0.5) is 20.2 Å². The van der Waals surface area contributed by atoms with Crippen molar-refractivity contribution in [2.75, 3.05) is 5.32 Å². The second kappa shape index (κ2) is 5.96. The molecule has 104 valence electrons. The summed E-state index contributed by atoms with van der Waals surface area (Å²) in [5.41, 5.74) is 1.00. The molecular formula is C13H9BrF2N2O2. The summed E-state index contributed by atoms with van der Waals surface area (Å²) in [7, 11) is 0. The van der Waals surface area contributed by atoms with Crippen LogP contribution < -0.4 is 5.32 Å². The van der Waals surface area contributed by atoms with E-state index in [1.54, 1.807) is 6.07 Å². The topological polar surface area (TPSA) is 55.2 Å². The van der Waals surface area contributed by atoms with Gasteiger partial charge in [0.2, 0.25) is 0 Å². The number of hydrogen-bond acceptors (Lipinski definition) is 3. The van der Waals surface area contributed by atoms with Gasteiger partial charge in [0.15, 0.2) is 11.6 Å². The molecule has 0 saturated carbocycles. The molecule has 0 fully saturated rings. The fourth-order valence-corrected chi connectivity index (χ4v) is 2.18. The zero-order valence-corrected chi connectivity index (χ0v) is 11.7. The smallest absolute Gasteiger partial charge is 0.270 e. The molecule has 1 N–H and O–H groups in total. The lowest BCUT2D eigenvalue weighted by molar-refractivity contribution is -0.385. The molecule has 0 spiro atoms. The predicted octanol–water partition coefficient (Wildman–Crippen LogP) is 4.25. The molecule has 2 aromatic rings. The van der Waals surface area contributed by atoms with Crippen LogP contribution >= 0.6 is 15.9 Å². The SMILES string of the molecule is O=[N+]([O-])c1cc(Br)cc(CNc2ccc(F)c(F)c2)c1. The van der Waals surface area contributed by atoms with E-state index in [0.29, 0.717) is 15.7 Å². The van der Waals surface area contributed by atoms with E-state index in [4.69, 9.17) is 0 Å². The fourth-order valence-electron chi connectivity index (χ4n) is 1.65. The second-order valence-electron chi connectivity index (χ2n) is 4.06. The minimum absolute atomic E-state index is 0.0403. The maximum Gasteiger partial charge on any atom is 0.270 e. The van der Waals surface area contributed by atoms with Crippen LogP contribution in [0.5, 0.6) is 0 Å². The Bertz CT molecular complexity index is 665. The first-order chi connectivity index (χ1) is 9.45. The zero-order chi connectivity index (χ0) is 14.7. The average Bonchev–Trinajstić information content (AvgIpc) is 2.39. The molecule has 0 aliphatic rings. The summed E-state index contributed by atoms with van der Waals surface area (Å²) < 4.78 is 26.4. The van der Waals surface area contributed by atoms with Crippen molar-refractivity contribution in [1.82, 2.24) is 0 Å². The molecule has 20 heavy (non-hydrogen) atoms. The molecule has 0 heterocycles. The molecule has 0 aliphatic carbocycles. The molecule has 0 unspecified atom stereocenters. The lowest BCUT2D eigenvalue weighted by Crippen LogP contribution is -2.01. The van der Waals surface area contributed by atoms with Gasteiger partial charge in [0, 0.05) is 34.9 Å². The summed E-state index contributed by atoms with van der Waals surface area (Å²) in [6.07, 6.45) is 0. The van der Waals surface area contributed by atoms with E-state index < -0.39 is 16.6 Å². The minimum Gasteiger partial charge on any atom is -0.381 e. The molecule has 0 aliphatic heterocycles. The normalized spacial score (nSPS) is 10.3. The molecule has 0 saturated heterocycles. The van der Waals surface area contributed by atoms with Gasteiger partial charge in [-0.25, -0.2) is 8.78 Å². The van der Waals surface area contributed by atoms with Gasteiger partial charge in [-0.2, -0.15) is 0 Å². The number of nitro groups is 1. The van der Waals surface area contributed by atoms with Crippen molar-refractivity contribution in [2.45, 2.75) is 6.54 Å². The van der Waals surface area contributed by atoms with Gasteiger partial charge < -0.3 is 5.32 Å². The van der Waals surface area contributed by atoms with Gasteiger partial charge in [0.1, 0.15) is 0 Å². The van der Waals surface area contributed by atoms with Crippen molar-refractivity contribution >= 4 is 27.3 Å². The summed E-state index contributed by atoms with van der Waals surface area (Å²) in [4.78, 5) is 10.2. The van der Waals surface area contributed by atoms with Crippen LogP contribution in [0.15, 0.2) is 40.9 Å². The van der Waals surface area contributed by atoms with Crippen LogP contribution in [0.1, 0.15) is 5.56 Å². The van der Waals surface area contributed by atoms with E-state index in [0.717, 1.165) is 12.1 Å². The standard InChI is InChI=1S/C13H9BrF2N2O2/c14-9-3-8(4-11(5-9)18(19)20)7-17-10-1-2-12(15)13(16)6-10/h1-6,17H,7H2. The number of hydrogen-bond donors (Lipinski definition) is 1. The van der Waals surface area contributed by atoms with Crippen LogP contribution in [-0.4, -0.2) is 4.92 Å². The van der Waals surface area contributed by atoms with Crippen LogP contribution in [0.2, 0.25) is 0 Å². The Morgan fingerprint density at radius 3 is 2.55 bits per heavy atom. The van der Waals surface area contributed by atoms with Gasteiger partial charge in [0.25, 0.3) is 5.69 Å². The third-order valence-corrected chi connectivity index (χ3v) is 3.03. The maximum absolute atomic E-state index is 13.0. The number of nitro benzene ring substituents is 1. The first kappa shape index (κ1) is 14.4. The highest BCUT2D eigenvalue weighted by molar-refractivity contribution is 9.10. The lowest BCUT2D eigenvalue weighted by atomic mass is 10.2. The lowest BCUT2D eigenvalue weighted by Gasteiger charge is -2.07. The summed E-state index contributed by atoms with van der Waals surface area (Å²) in [6.45, 7) is 0.255. The summed E-state index contributed by atoms with van der Waals surface area (Å²) in [5, 5.41) is 13.6. The molecular weight excluding hydrogens is 334 g/mol. The van der Waals surface area contributed by atoms with Gasteiger partial charge in [-0.3, -0.25) is 10.1 Å². The molecule has 0 aromatic heterocycles. The first-order valence-corrected chi connectivity index (χ1v) is 6.38. The highest BCUT2D eigenvalue weighted by Crippen LogP contribution is 2.22. The molecule has 2 rings (SSSR count). The first-order valence-electron chi connectivity index (χ1n) is 5.58. The Labute approximate surface area is 121 Å². The minimum atomic E-state index is -0.949. The third kappa shape index (κ3) is 3.51. The fraction of sp³-hybridized carbons (Fsp3) is 0.0769.